The first kappa shape index (κ1) is 13.1. The summed E-state index contributed by atoms with van der Waals surface area (Å²) < 4.78 is 5.52. The van der Waals surface area contributed by atoms with Crippen LogP contribution in [0.1, 0.15) is 38.5 Å². The first-order valence-corrected chi connectivity index (χ1v) is 8.34. The van der Waals surface area contributed by atoms with Crippen LogP contribution in [-0.2, 0) is 9.53 Å². The molecule has 20 heavy (non-hydrogen) atoms. The highest BCUT2D eigenvalue weighted by Crippen LogP contribution is 2.44. The van der Waals surface area contributed by atoms with Crippen LogP contribution in [0.5, 0.6) is 0 Å². The van der Waals surface area contributed by atoms with Gasteiger partial charge in [-0.2, -0.15) is 0 Å². The van der Waals surface area contributed by atoms with E-state index in [4.69, 9.17) is 4.74 Å². The first-order chi connectivity index (χ1) is 9.78. The number of nitrogens with zero attached hydrogens (tertiary/aromatic N) is 2. The van der Waals surface area contributed by atoms with Crippen LogP contribution in [0.25, 0.3) is 0 Å². The Bertz CT molecular complexity index is 398. The minimum atomic E-state index is 0.152. The Hall–Kier alpha value is -0.610. The summed E-state index contributed by atoms with van der Waals surface area (Å²) in [4.78, 5) is 17.4. The van der Waals surface area contributed by atoms with Crippen LogP contribution >= 0.6 is 0 Å². The molecule has 4 rings (SSSR count). The fourth-order valence-corrected chi connectivity index (χ4v) is 5.43. The average molecular weight is 278 g/mol. The van der Waals surface area contributed by atoms with Gasteiger partial charge in [0.25, 0.3) is 0 Å². The maximum atomic E-state index is 12.5. The summed E-state index contributed by atoms with van der Waals surface area (Å²) in [7, 11) is 1.76. The van der Waals surface area contributed by atoms with Crippen molar-refractivity contribution in [2.45, 2.75) is 56.7 Å². The molecule has 4 aliphatic heterocycles. The Morgan fingerprint density at radius 3 is 2.80 bits per heavy atom. The lowest BCUT2D eigenvalue weighted by molar-refractivity contribution is -0.159. The summed E-state index contributed by atoms with van der Waals surface area (Å²) in [6.07, 6.45) is 7.07. The van der Waals surface area contributed by atoms with Crippen LogP contribution in [0, 0.1) is 11.8 Å². The monoisotopic (exact) mass is 278 g/mol. The Morgan fingerprint density at radius 1 is 1.20 bits per heavy atom. The number of carbonyl (C=O) groups excluding carboxylic acids is 1. The number of fused-ring (bicyclic) bond motifs is 2. The minimum Gasteiger partial charge on any atom is -0.381 e. The van der Waals surface area contributed by atoms with Crippen LogP contribution in [0.3, 0.4) is 0 Å². The van der Waals surface area contributed by atoms with E-state index in [9.17, 15) is 4.79 Å². The SMILES string of the molecule is COC1CC(=O)N2C[C@@H]3CCCN4CCC[C@@H]([C@H]34)[C@H]2C1. The largest absolute Gasteiger partial charge is 0.381 e. The Kier molecular flexibility index (Phi) is 3.26. The lowest BCUT2D eigenvalue weighted by Crippen LogP contribution is -2.67. The van der Waals surface area contributed by atoms with Crippen LogP contribution in [0.2, 0.25) is 0 Å². The van der Waals surface area contributed by atoms with Crippen LogP contribution < -0.4 is 0 Å². The van der Waals surface area contributed by atoms with Crippen molar-refractivity contribution in [3.05, 3.63) is 0 Å². The Labute approximate surface area is 121 Å². The minimum absolute atomic E-state index is 0.152. The van der Waals surface area contributed by atoms with E-state index < -0.39 is 0 Å². The standard InChI is InChI=1S/C16H26N2O2/c1-20-12-8-14-13-5-3-7-17-6-2-4-11(16(13)17)10-18(14)15(19)9-12/h11-14,16H,2-10H2,1H3/t11-,12?,13+,14+,16-/m0/s1. The zero-order valence-electron chi connectivity index (χ0n) is 12.5. The van der Waals surface area contributed by atoms with Crippen LogP contribution in [0.4, 0.5) is 0 Å². The third-order valence-electron chi connectivity index (χ3n) is 6.23. The molecule has 5 atom stereocenters. The number of piperidine rings is 4. The van der Waals surface area contributed by atoms with E-state index in [1.807, 2.05) is 0 Å². The van der Waals surface area contributed by atoms with Crippen molar-refractivity contribution in [1.29, 1.82) is 0 Å². The van der Waals surface area contributed by atoms with E-state index >= 15 is 0 Å². The summed E-state index contributed by atoms with van der Waals surface area (Å²) in [5, 5.41) is 0. The molecular formula is C16H26N2O2. The van der Waals surface area contributed by atoms with E-state index in [-0.39, 0.29) is 6.10 Å². The Balaban J connectivity index is 1.63. The fraction of sp³-hybridized carbons (Fsp3) is 0.938. The molecule has 4 fully saturated rings. The van der Waals surface area contributed by atoms with Gasteiger partial charge in [-0.1, -0.05) is 0 Å². The molecule has 0 radical (unpaired) electrons. The van der Waals surface area contributed by atoms with Gasteiger partial charge in [-0.3, -0.25) is 9.69 Å². The number of hydrogen-bond donors (Lipinski definition) is 0. The maximum absolute atomic E-state index is 12.5. The van der Waals surface area contributed by atoms with Gasteiger partial charge in [0.1, 0.15) is 0 Å². The third-order valence-corrected chi connectivity index (χ3v) is 6.23. The zero-order valence-corrected chi connectivity index (χ0v) is 12.5. The normalized spacial score (nSPS) is 45.0. The van der Waals surface area contributed by atoms with Crippen molar-refractivity contribution in [2.24, 2.45) is 11.8 Å². The van der Waals surface area contributed by atoms with E-state index in [2.05, 4.69) is 9.80 Å². The average Bonchev–Trinajstić information content (AvgIpc) is 2.48. The number of rotatable bonds is 1. The van der Waals surface area contributed by atoms with E-state index in [0.29, 0.717) is 24.3 Å². The lowest BCUT2D eigenvalue weighted by Gasteiger charge is -2.59. The van der Waals surface area contributed by atoms with Gasteiger partial charge >= 0.3 is 0 Å². The third kappa shape index (κ3) is 1.92. The second-order valence-electron chi connectivity index (χ2n) is 7.15. The van der Waals surface area contributed by atoms with Crippen LogP contribution in [0.15, 0.2) is 0 Å². The predicted molar refractivity (Wildman–Crippen MR) is 76.3 cm³/mol. The van der Waals surface area contributed by atoms with Gasteiger partial charge in [-0.25, -0.2) is 0 Å². The smallest absolute Gasteiger partial charge is 0.225 e. The molecule has 4 heterocycles. The molecule has 0 aliphatic carbocycles. The second kappa shape index (κ2) is 4.99. The number of amides is 1. The molecule has 0 aromatic carbocycles. The number of methoxy groups -OCH3 is 1. The van der Waals surface area contributed by atoms with Gasteiger partial charge < -0.3 is 9.64 Å². The summed E-state index contributed by atoms with van der Waals surface area (Å²) in [5.41, 5.74) is 0. The summed E-state index contributed by atoms with van der Waals surface area (Å²) >= 11 is 0. The molecule has 4 aliphatic rings. The van der Waals surface area contributed by atoms with Gasteiger partial charge in [0, 0.05) is 25.7 Å². The lowest BCUT2D eigenvalue weighted by atomic mass is 9.68. The summed E-state index contributed by atoms with van der Waals surface area (Å²) in [5.74, 6) is 1.77. The highest BCUT2D eigenvalue weighted by atomic mass is 16.5. The van der Waals surface area contributed by atoms with Gasteiger partial charge in [0.2, 0.25) is 5.91 Å². The number of ether oxygens (including phenoxy) is 1. The number of hydrogen-bond acceptors (Lipinski definition) is 3. The molecule has 0 aromatic heterocycles. The predicted octanol–water partition coefficient (Wildman–Crippen LogP) is 1.50. The highest BCUT2D eigenvalue weighted by molar-refractivity contribution is 5.78. The fourth-order valence-electron chi connectivity index (χ4n) is 5.43. The zero-order chi connectivity index (χ0) is 13.7. The van der Waals surface area contributed by atoms with Gasteiger partial charge in [0.15, 0.2) is 0 Å². The van der Waals surface area contributed by atoms with Crippen molar-refractivity contribution >= 4 is 5.91 Å². The van der Waals surface area contributed by atoms with Gasteiger partial charge in [0.05, 0.1) is 12.5 Å². The highest BCUT2D eigenvalue weighted by Gasteiger charge is 2.51. The molecule has 4 saturated heterocycles. The van der Waals surface area contributed by atoms with Crippen molar-refractivity contribution in [3.8, 4) is 0 Å². The van der Waals surface area contributed by atoms with Crippen molar-refractivity contribution in [1.82, 2.24) is 9.80 Å². The molecule has 4 heteroatoms. The van der Waals surface area contributed by atoms with Crippen LogP contribution in [-0.4, -0.2) is 60.6 Å². The number of carbonyl (C=O) groups is 1. The molecule has 1 amide bonds. The van der Waals surface area contributed by atoms with Gasteiger partial charge in [-0.05, 0) is 57.0 Å². The topological polar surface area (TPSA) is 32.8 Å². The van der Waals surface area contributed by atoms with E-state index in [1.165, 1.54) is 38.8 Å². The summed E-state index contributed by atoms with van der Waals surface area (Å²) in [6, 6.07) is 1.20. The molecule has 0 N–H and O–H groups in total. The molecule has 1 unspecified atom stereocenters. The molecule has 0 spiro atoms. The van der Waals surface area contributed by atoms with Crippen molar-refractivity contribution in [3.63, 3.8) is 0 Å². The molecule has 4 nitrogen and oxygen atoms in total. The maximum Gasteiger partial charge on any atom is 0.225 e. The van der Waals surface area contributed by atoms with E-state index in [0.717, 1.165) is 24.9 Å². The Morgan fingerprint density at radius 2 is 2.00 bits per heavy atom. The first-order valence-electron chi connectivity index (χ1n) is 8.34. The molecule has 0 aromatic rings. The van der Waals surface area contributed by atoms with E-state index in [1.54, 1.807) is 7.11 Å². The summed E-state index contributed by atoms with van der Waals surface area (Å²) in [6.45, 7) is 3.58. The van der Waals surface area contributed by atoms with Crippen molar-refractivity contribution < 1.29 is 9.53 Å². The molecular weight excluding hydrogens is 252 g/mol. The molecule has 0 bridgehead atoms. The second-order valence-corrected chi connectivity index (χ2v) is 7.15. The quantitative estimate of drug-likeness (QED) is 0.728. The van der Waals surface area contributed by atoms with Crippen molar-refractivity contribution in [2.75, 3.05) is 26.7 Å². The molecule has 112 valence electrons. The van der Waals surface area contributed by atoms with Gasteiger partial charge in [-0.15, -0.1) is 0 Å². The molecule has 0 saturated carbocycles.